The van der Waals surface area contributed by atoms with Gasteiger partial charge in [0.1, 0.15) is 0 Å². The fourth-order valence-electron chi connectivity index (χ4n) is 2.57. The van der Waals surface area contributed by atoms with Gasteiger partial charge >= 0.3 is 0 Å². The minimum absolute atomic E-state index is 0.0639. The number of carbonyl (C=O) groups excluding carboxylic acids is 1. The van der Waals surface area contributed by atoms with Crippen LogP contribution < -0.4 is 5.32 Å². The van der Waals surface area contributed by atoms with Gasteiger partial charge in [-0.1, -0.05) is 31.2 Å². The Bertz CT molecular complexity index is 464. The first-order valence-corrected chi connectivity index (χ1v) is 7.40. The molecule has 108 valence electrons. The van der Waals surface area contributed by atoms with Gasteiger partial charge in [-0.15, -0.1) is 0 Å². The maximum Gasteiger partial charge on any atom is 0.244 e. The molecule has 1 aliphatic carbocycles. The summed E-state index contributed by atoms with van der Waals surface area (Å²) in [5, 5.41) is 12.3. The minimum atomic E-state index is -0.176. The number of hydrogen-bond acceptors (Lipinski definition) is 2. The SMILES string of the molecule is CCc1ccc(/C=C/C(=O)NCC2CCC(O)C2)cc1. The van der Waals surface area contributed by atoms with E-state index in [9.17, 15) is 9.90 Å². The van der Waals surface area contributed by atoms with E-state index in [0.717, 1.165) is 31.2 Å². The number of aliphatic hydroxyl groups is 1. The zero-order valence-electron chi connectivity index (χ0n) is 12.0. The van der Waals surface area contributed by atoms with Crippen LogP contribution in [0.3, 0.4) is 0 Å². The van der Waals surface area contributed by atoms with Crippen LogP contribution in [-0.2, 0) is 11.2 Å². The third-order valence-electron chi connectivity index (χ3n) is 3.89. The summed E-state index contributed by atoms with van der Waals surface area (Å²) in [6.45, 7) is 2.78. The topological polar surface area (TPSA) is 49.3 Å². The van der Waals surface area contributed by atoms with Crippen LogP contribution in [0.1, 0.15) is 37.3 Å². The highest BCUT2D eigenvalue weighted by Crippen LogP contribution is 2.24. The molecule has 0 radical (unpaired) electrons. The average molecular weight is 273 g/mol. The van der Waals surface area contributed by atoms with Crippen molar-refractivity contribution < 1.29 is 9.90 Å². The quantitative estimate of drug-likeness (QED) is 0.810. The lowest BCUT2D eigenvalue weighted by Crippen LogP contribution is -2.26. The third kappa shape index (κ3) is 4.49. The van der Waals surface area contributed by atoms with E-state index in [1.807, 2.05) is 18.2 Å². The van der Waals surface area contributed by atoms with Gasteiger partial charge in [-0.2, -0.15) is 0 Å². The molecule has 2 rings (SSSR count). The molecule has 0 heterocycles. The average Bonchev–Trinajstić information content (AvgIpc) is 2.89. The van der Waals surface area contributed by atoms with Gasteiger partial charge in [0.15, 0.2) is 0 Å². The zero-order chi connectivity index (χ0) is 14.4. The van der Waals surface area contributed by atoms with Crippen molar-refractivity contribution in [2.45, 2.75) is 38.7 Å². The van der Waals surface area contributed by atoms with Crippen LogP contribution in [0.15, 0.2) is 30.3 Å². The molecular weight excluding hydrogens is 250 g/mol. The summed E-state index contributed by atoms with van der Waals surface area (Å²) >= 11 is 0. The predicted molar refractivity (Wildman–Crippen MR) is 81.2 cm³/mol. The molecular formula is C17H23NO2. The maximum absolute atomic E-state index is 11.7. The number of hydrogen-bond donors (Lipinski definition) is 2. The highest BCUT2D eigenvalue weighted by molar-refractivity contribution is 5.91. The zero-order valence-corrected chi connectivity index (χ0v) is 12.0. The van der Waals surface area contributed by atoms with E-state index >= 15 is 0 Å². The molecule has 2 unspecified atom stereocenters. The maximum atomic E-state index is 11.7. The molecule has 0 aliphatic heterocycles. The first-order chi connectivity index (χ1) is 9.67. The highest BCUT2D eigenvalue weighted by Gasteiger charge is 2.22. The molecule has 2 N–H and O–H groups in total. The molecule has 2 atom stereocenters. The van der Waals surface area contributed by atoms with Gasteiger partial charge in [0.2, 0.25) is 5.91 Å². The van der Waals surface area contributed by atoms with Gasteiger partial charge in [-0.3, -0.25) is 4.79 Å². The van der Waals surface area contributed by atoms with E-state index in [1.165, 1.54) is 5.56 Å². The smallest absolute Gasteiger partial charge is 0.244 e. The lowest BCUT2D eigenvalue weighted by molar-refractivity contribution is -0.116. The van der Waals surface area contributed by atoms with E-state index in [4.69, 9.17) is 0 Å². The van der Waals surface area contributed by atoms with Crippen molar-refractivity contribution in [3.05, 3.63) is 41.5 Å². The van der Waals surface area contributed by atoms with E-state index in [1.54, 1.807) is 6.08 Å². The molecule has 3 heteroatoms. The molecule has 20 heavy (non-hydrogen) atoms. The molecule has 0 aromatic heterocycles. The monoisotopic (exact) mass is 273 g/mol. The molecule has 3 nitrogen and oxygen atoms in total. The van der Waals surface area contributed by atoms with Crippen LogP contribution in [0.25, 0.3) is 6.08 Å². The van der Waals surface area contributed by atoms with Crippen LogP contribution >= 0.6 is 0 Å². The number of benzene rings is 1. The number of aliphatic hydroxyl groups excluding tert-OH is 1. The number of rotatable bonds is 5. The van der Waals surface area contributed by atoms with Crippen LogP contribution in [0.4, 0.5) is 0 Å². The van der Waals surface area contributed by atoms with Gasteiger partial charge in [0.25, 0.3) is 0 Å². The lowest BCUT2D eigenvalue weighted by atomic mass is 10.1. The van der Waals surface area contributed by atoms with Gasteiger partial charge in [0, 0.05) is 12.6 Å². The largest absolute Gasteiger partial charge is 0.393 e. The highest BCUT2D eigenvalue weighted by atomic mass is 16.3. The van der Waals surface area contributed by atoms with E-state index in [-0.39, 0.29) is 12.0 Å². The fourth-order valence-corrected chi connectivity index (χ4v) is 2.57. The number of amides is 1. The summed E-state index contributed by atoms with van der Waals surface area (Å²) in [4.78, 5) is 11.7. The van der Waals surface area contributed by atoms with Gasteiger partial charge in [-0.05, 0) is 48.8 Å². The molecule has 0 bridgehead atoms. The van der Waals surface area contributed by atoms with Crippen LogP contribution in [0.5, 0.6) is 0 Å². The van der Waals surface area contributed by atoms with Gasteiger partial charge < -0.3 is 10.4 Å². The van der Waals surface area contributed by atoms with Crippen LogP contribution in [0.2, 0.25) is 0 Å². The second-order valence-electron chi connectivity index (χ2n) is 5.51. The summed E-state index contributed by atoms with van der Waals surface area (Å²) in [5.74, 6) is 0.358. The van der Waals surface area contributed by atoms with Crippen molar-refractivity contribution in [3.8, 4) is 0 Å². The van der Waals surface area contributed by atoms with Crippen LogP contribution in [-0.4, -0.2) is 23.7 Å². The Hall–Kier alpha value is -1.61. The van der Waals surface area contributed by atoms with Crippen molar-refractivity contribution in [3.63, 3.8) is 0 Å². The number of aryl methyl sites for hydroxylation is 1. The first kappa shape index (κ1) is 14.8. The van der Waals surface area contributed by atoms with E-state index in [0.29, 0.717) is 12.5 Å². The lowest BCUT2D eigenvalue weighted by Gasteiger charge is -2.09. The molecule has 1 fully saturated rings. The minimum Gasteiger partial charge on any atom is -0.393 e. The molecule has 1 amide bonds. The Morgan fingerprint density at radius 3 is 2.70 bits per heavy atom. The second kappa shape index (κ2) is 7.25. The van der Waals surface area contributed by atoms with Crippen molar-refractivity contribution in [1.82, 2.24) is 5.32 Å². The van der Waals surface area contributed by atoms with Crippen molar-refractivity contribution in [2.75, 3.05) is 6.54 Å². The summed E-state index contributed by atoms with van der Waals surface area (Å²) in [6, 6.07) is 8.21. The standard InChI is InChI=1S/C17H23NO2/c1-2-13-3-5-14(6-4-13)8-10-17(20)18-12-15-7-9-16(19)11-15/h3-6,8,10,15-16,19H,2,7,9,11-12H2,1H3,(H,18,20)/b10-8+. The van der Waals surface area contributed by atoms with Gasteiger partial charge in [-0.25, -0.2) is 0 Å². The predicted octanol–water partition coefficient (Wildman–Crippen LogP) is 2.54. The Morgan fingerprint density at radius 1 is 1.35 bits per heavy atom. The fraction of sp³-hybridized carbons (Fsp3) is 0.471. The Morgan fingerprint density at radius 2 is 2.10 bits per heavy atom. The molecule has 1 aromatic rings. The molecule has 0 spiro atoms. The van der Waals surface area contributed by atoms with Gasteiger partial charge in [0.05, 0.1) is 6.10 Å². The molecule has 1 saturated carbocycles. The van der Waals surface area contributed by atoms with Crippen molar-refractivity contribution >= 4 is 12.0 Å². The Kier molecular flexibility index (Phi) is 5.36. The van der Waals surface area contributed by atoms with E-state index in [2.05, 4.69) is 24.4 Å². The molecule has 1 aromatic carbocycles. The normalized spacial score (nSPS) is 22.3. The summed E-state index contributed by atoms with van der Waals surface area (Å²) < 4.78 is 0. The number of nitrogens with one attached hydrogen (secondary N) is 1. The summed E-state index contributed by atoms with van der Waals surface area (Å²) in [5.41, 5.74) is 2.33. The Balaban J connectivity index is 1.76. The van der Waals surface area contributed by atoms with Crippen molar-refractivity contribution in [2.24, 2.45) is 5.92 Å². The summed E-state index contributed by atoms with van der Waals surface area (Å²) in [7, 11) is 0. The Labute approximate surface area is 120 Å². The summed E-state index contributed by atoms with van der Waals surface area (Å²) in [6.07, 6.45) is 6.93. The number of carbonyl (C=O) groups is 1. The molecule has 0 saturated heterocycles. The van der Waals surface area contributed by atoms with Crippen LogP contribution in [0, 0.1) is 5.92 Å². The third-order valence-corrected chi connectivity index (χ3v) is 3.89. The second-order valence-corrected chi connectivity index (χ2v) is 5.51. The van der Waals surface area contributed by atoms with Crippen molar-refractivity contribution in [1.29, 1.82) is 0 Å². The van der Waals surface area contributed by atoms with E-state index < -0.39 is 0 Å². The first-order valence-electron chi connectivity index (χ1n) is 7.40. The molecule has 1 aliphatic rings.